The normalized spacial score (nSPS) is 19.8. The van der Waals surface area contributed by atoms with Crippen molar-refractivity contribution in [2.24, 2.45) is 5.92 Å². The van der Waals surface area contributed by atoms with Crippen LogP contribution >= 0.6 is 0 Å². The Morgan fingerprint density at radius 2 is 1.14 bits per heavy atom. The van der Waals surface area contributed by atoms with E-state index in [4.69, 9.17) is 15.0 Å². The second-order valence-electron chi connectivity index (χ2n) is 13.2. The lowest BCUT2D eigenvalue weighted by Gasteiger charge is -2.48. The van der Waals surface area contributed by atoms with E-state index in [1.54, 1.807) is 0 Å². The second-order valence-corrected chi connectivity index (χ2v) is 13.2. The molecule has 5 nitrogen and oxygen atoms in total. The highest BCUT2D eigenvalue weighted by molar-refractivity contribution is 5.82. The summed E-state index contributed by atoms with van der Waals surface area (Å²) in [6.45, 7) is 0. The largest absolute Gasteiger partial charge is 0.366 e. The van der Waals surface area contributed by atoms with E-state index in [1.165, 1.54) is 27.8 Å². The van der Waals surface area contributed by atoms with Gasteiger partial charge < -0.3 is 10.6 Å². The van der Waals surface area contributed by atoms with Gasteiger partial charge in [0.2, 0.25) is 0 Å². The van der Waals surface area contributed by atoms with E-state index < -0.39 is 0 Å². The smallest absolute Gasteiger partial charge is 0.164 e. The summed E-state index contributed by atoms with van der Waals surface area (Å²) in [6, 6.07) is 43.2. The minimum Gasteiger partial charge on any atom is -0.366 e. The van der Waals surface area contributed by atoms with Crippen molar-refractivity contribution in [1.29, 1.82) is 0 Å². The van der Waals surface area contributed by atoms with Gasteiger partial charge in [-0.25, -0.2) is 15.0 Å². The van der Waals surface area contributed by atoms with Crippen molar-refractivity contribution in [3.8, 4) is 45.3 Å². The number of aromatic nitrogens is 3. The topological polar surface area (TPSA) is 62.7 Å². The number of hydrogen-bond donors (Lipinski definition) is 2. The molecule has 49 heavy (non-hydrogen) atoms. The Hall–Kier alpha value is -6.07. The first-order valence-corrected chi connectivity index (χ1v) is 17.1. The minimum atomic E-state index is -0.0680. The van der Waals surface area contributed by atoms with Crippen LogP contribution in [-0.2, 0) is 0 Å². The van der Waals surface area contributed by atoms with E-state index in [0.717, 1.165) is 39.8 Å². The molecule has 3 atom stereocenters. The summed E-state index contributed by atoms with van der Waals surface area (Å²) in [5.41, 5.74) is 13.5. The number of allylic oxidation sites excluding steroid dienone is 4. The fourth-order valence-corrected chi connectivity index (χ4v) is 8.50. The quantitative estimate of drug-likeness (QED) is 0.199. The standard InChI is InChI=1S/C44H33N5/c1-2-12-27(13-3-1)29-14-4-9-19-35(29)43-47-41(48-44(49-43)37-21-11-10-20-36(37)42-45-24-25-46-42)28-22-23-34-38(26-28)40-32-17-7-5-15-30(32)39(34)31-16-6-8-18-33(31)40/h1-15,17-26,31,39-40,42,45-46H,16H2. The zero-order valence-electron chi connectivity index (χ0n) is 26.8. The van der Waals surface area contributed by atoms with Crippen LogP contribution in [0.2, 0.25) is 0 Å². The van der Waals surface area contributed by atoms with Crippen molar-refractivity contribution in [3.63, 3.8) is 0 Å². The molecule has 0 spiro atoms. The molecule has 0 saturated carbocycles. The van der Waals surface area contributed by atoms with Crippen LogP contribution in [0.5, 0.6) is 0 Å². The summed E-state index contributed by atoms with van der Waals surface area (Å²) in [5, 5.41) is 6.83. The molecule has 0 radical (unpaired) electrons. The lowest BCUT2D eigenvalue weighted by atomic mass is 9.55. The van der Waals surface area contributed by atoms with E-state index in [1.807, 2.05) is 18.5 Å². The molecule has 1 aliphatic heterocycles. The maximum Gasteiger partial charge on any atom is 0.164 e. The van der Waals surface area contributed by atoms with Crippen molar-refractivity contribution in [3.05, 3.63) is 185 Å². The lowest BCUT2D eigenvalue weighted by molar-refractivity contribution is 0.458. The first-order valence-electron chi connectivity index (χ1n) is 17.1. The molecule has 4 aliphatic carbocycles. The third-order valence-corrected chi connectivity index (χ3v) is 10.6. The molecule has 2 heterocycles. The number of nitrogens with one attached hydrogen (secondary N) is 2. The summed E-state index contributed by atoms with van der Waals surface area (Å²) in [7, 11) is 0. The zero-order valence-corrected chi connectivity index (χ0v) is 26.8. The SMILES string of the molecule is C1=CCC2C(=C1)C1c3ccccc3C2c2ccc(-c3nc(-c4ccccc4-c4ccccc4)nc(-c4ccccc4C4NC=CN4)n3)cc21. The first-order chi connectivity index (χ1) is 24.3. The van der Waals surface area contributed by atoms with Crippen LogP contribution in [0.3, 0.4) is 0 Å². The summed E-state index contributed by atoms with van der Waals surface area (Å²) >= 11 is 0. The van der Waals surface area contributed by atoms with Crippen LogP contribution in [0.25, 0.3) is 45.3 Å². The highest BCUT2D eigenvalue weighted by atomic mass is 15.2. The summed E-state index contributed by atoms with van der Waals surface area (Å²) in [4.78, 5) is 15.7. The highest BCUT2D eigenvalue weighted by Gasteiger charge is 2.46. The number of rotatable bonds is 5. The summed E-state index contributed by atoms with van der Waals surface area (Å²) in [6.07, 6.45) is 11.8. The Kier molecular flexibility index (Phi) is 6.44. The number of benzene rings is 5. The molecule has 2 bridgehead atoms. The maximum atomic E-state index is 5.26. The predicted octanol–water partition coefficient (Wildman–Crippen LogP) is 9.30. The van der Waals surface area contributed by atoms with E-state index in [2.05, 4.69) is 144 Å². The molecule has 5 heteroatoms. The van der Waals surface area contributed by atoms with Gasteiger partial charge in [0.1, 0.15) is 6.17 Å². The minimum absolute atomic E-state index is 0.0680. The van der Waals surface area contributed by atoms with Gasteiger partial charge in [0, 0.05) is 46.5 Å². The Morgan fingerprint density at radius 1 is 0.510 bits per heavy atom. The molecule has 11 rings (SSSR count). The van der Waals surface area contributed by atoms with Crippen LogP contribution in [0.1, 0.15) is 52.2 Å². The molecule has 3 unspecified atom stereocenters. The summed E-state index contributed by atoms with van der Waals surface area (Å²) in [5.74, 6) is 3.09. The molecule has 1 aromatic heterocycles. The van der Waals surface area contributed by atoms with E-state index in [0.29, 0.717) is 29.3 Å². The van der Waals surface area contributed by atoms with Crippen LogP contribution in [-0.4, -0.2) is 15.0 Å². The predicted molar refractivity (Wildman–Crippen MR) is 195 cm³/mol. The Bertz CT molecular complexity index is 2350. The Morgan fingerprint density at radius 3 is 1.96 bits per heavy atom. The molecule has 0 saturated heterocycles. The van der Waals surface area contributed by atoms with Gasteiger partial charge in [0.05, 0.1) is 0 Å². The molecule has 5 aromatic carbocycles. The lowest BCUT2D eigenvalue weighted by Crippen LogP contribution is -2.34. The van der Waals surface area contributed by atoms with Gasteiger partial charge >= 0.3 is 0 Å². The molecule has 2 N–H and O–H groups in total. The first kappa shape index (κ1) is 28.0. The van der Waals surface area contributed by atoms with Crippen LogP contribution < -0.4 is 10.6 Å². The zero-order chi connectivity index (χ0) is 32.3. The molecule has 234 valence electrons. The van der Waals surface area contributed by atoms with Gasteiger partial charge in [-0.2, -0.15) is 0 Å². The monoisotopic (exact) mass is 631 g/mol. The van der Waals surface area contributed by atoms with Crippen molar-refractivity contribution < 1.29 is 0 Å². The maximum absolute atomic E-state index is 5.26. The van der Waals surface area contributed by atoms with Gasteiger partial charge in [0.15, 0.2) is 17.5 Å². The van der Waals surface area contributed by atoms with Crippen LogP contribution in [0, 0.1) is 5.92 Å². The molecule has 0 fully saturated rings. The Balaban J connectivity index is 1.17. The van der Waals surface area contributed by atoms with Crippen molar-refractivity contribution in [1.82, 2.24) is 25.6 Å². The fraction of sp³-hybridized carbons (Fsp3) is 0.114. The van der Waals surface area contributed by atoms with E-state index in [-0.39, 0.29) is 12.1 Å². The van der Waals surface area contributed by atoms with Gasteiger partial charge in [-0.05, 0) is 51.8 Å². The second kappa shape index (κ2) is 11.3. The number of nitrogens with zero attached hydrogens (tertiary/aromatic N) is 3. The van der Waals surface area contributed by atoms with Gasteiger partial charge in [-0.3, -0.25) is 0 Å². The highest BCUT2D eigenvalue weighted by Crippen LogP contribution is 2.60. The molecular formula is C44H33N5. The Labute approximate surface area is 285 Å². The van der Waals surface area contributed by atoms with Crippen molar-refractivity contribution >= 4 is 0 Å². The fourth-order valence-electron chi connectivity index (χ4n) is 8.50. The average Bonchev–Trinajstić information content (AvgIpc) is 3.73. The third-order valence-electron chi connectivity index (χ3n) is 10.6. The van der Waals surface area contributed by atoms with Crippen molar-refractivity contribution in [2.75, 3.05) is 0 Å². The molecule has 5 aliphatic rings. The van der Waals surface area contributed by atoms with Gasteiger partial charge in [-0.15, -0.1) is 0 Å². The molecule has 0 amide bonds. The van der Waals surface area contributed by atoms with Crippen LogP contribution in [0.4, 0.5) is 0 Å². The molecule has 6 aromatic rings. The average molecular weight is 632 g/mol. The van der Waals surface area contributed by atoms with E-state index in [9.17, 15) is 0 Å². The summed E-state index contributed by atoms with van der Waals surface area (Å²) < 4.78 is 0. The van der Waals surface area contributed by atoms with E-state index >= 15 is 0 Å². The third kappa shape index (κ3) is 4.50. The van der Waals surface area contributed by atoms with Gasteiger partial charge in [-0.1, -0.05) is 139 Å². The van der Waals surface area contributed by atoms with Gasteiger partial charge in [0.25, 0.3) is 0 Å². The van der Waals surface area contributed by atoms with Crippen LogP contribution in [0.15, 0.2) is 158 Å². The van der Waals surface area contributed by atoms with Crippen molar-refractivity contribution in [2.45, 2.75) is 24.4 Å². The number of hydrogen-bond acceptors (Lipinski definition) is 5. The molecular weight excluding hydrogens is 599 g/mol.